The minimum Gasteiger partial charge on any atom is -0.790 e. The zero-order valence-electron chi connectivity index (χ0n) is 6.50. The second kappa shape index (κ2) is 7.58. The third kappa shape index (κ3) is 16.2. The van der Waals surface area contributed by atoms with Crippen LogP contribution in [0.4, 0.5) is 0 Å². The smallest absolute Gasteiger partial charge is 0.790 e. The molecule has 0 rings (SSSR count). The molecule has 0 aliphatic rings. The normalized spacial score (nSPS) is 19.0. The summed E-state index contributed by atoms with van der Waals surface area (Å²) in [5.41, 5.74) is 0. The monoisotopic (exact) mass is 353 g/mol. The molecular weight excluding hydrogens is 352 g/mol. The summed E-state index contributed by atoms with van der Waals surface area (Å²) < 4.78 is 35.0. The molecule has 0 heterocycles. The van der Waals surface area contributed by atoms with E-state index in [0.717, 1.165) is 0 Å². The zero-order valence-corrected chi connectivity index (χ0v) is 12.4. The molecule has 0 bridgehead atoms. The summed E-state index contributed by atoms with van der Waals surface area (Å²) in [4.78, 5) is 47.0. The molecule has 87 valence electrons. The molecule has 0 aromatic rings. The van der Waals surface area contributed by atoms with Crippen molar-refractivity contribution in [2.45, 2.75) is 0 Å². The summed E-state index contributed by atoms with van der Waals surface area (Å²) in [6, 6.07) is 0. The van der Waals surface area contributed by atoms with Crippen LogP contribution in [0, 0.1) is 0 Å². The molecule has 0 aromatic heterocycles. The van der Waals surface area contributed by atoms with Crippen molar-refractivity contribution in [3.63, 3.8) is 0 Å². The average molecular weight is 353 g/mol. The topological polar surface area (TPSA) is 182 Å². The van der Waals surface area contributed by atoms with Gasteiger partial charge in [-0.15, -0.1) is 0 Å². The SMILES string of the molecule is O=P([O-])([O-])OP(=O)([O-])OP(=O)([O-])O.[Ca+2].[Co+2]. The summed E-state index contributed by atoms with van der Waals surface area (Å²) in [6.07, 6.45) is 0. The predicted molar refractivity (Wildman–Crippen MR) is 33.0 cm³/mol. The van der Waals surface area contributed by atoms with Gasteiger partial charge in [0.25, 0.3) is 15.6 Å². The molecule has 1 N–H and O–H groups in total. The molecule has 1 radical (unpaired) electrons. The number of phosphoric acid groups is 3. The van der Waals surface area contributed by atoms with E-state index in [9.17, 15) is 33.3 Å². The average Bonchev–Trinajstić information content (AvgIpc) is 1.43. The minimum absolute atomic E-state index is 0. The molecule has 10 nitrogen and oxygen atoms in total. The van der Waals surface area contributed by atoms with Crippen molar-refractivity contribution < 1.29 is 63.6 Å². The molecule has 15 heteroatoms. The van der Waals surface area contributed by atoms with Crippen LogP contribution < -0.4 is 19.6 Å². The fourth-order valence-electron chi connectivity index (χ4n) is 0.264. The molecule has 0 amide bonds. The van der Waals surface area contributed by atoms with Crippen molar-refractivity contribution in [3.05, 3.63) is 0 Å². The fourth-order valence-corrected chi connectivity index (χ4v) is 2.64. The van der Waals surface area contributed by atoms with Crippen LogP contribution in [-0.2, 0) is 39.1 Å². The van der Waals surface area contributed by atoms with Gasteiger partial charge in [-0.1, -0.05) is 0 Å². The maximum Gasteiger partial charge on any atom is 2.00 e. The molecule has 0 aliphatic heterocycles. The van der Waals surface area contributed by atoms with Crippen molar-refractivity contribution in [1.29, 1.82) is 0 Å². The standard InChI is InChI=1S/Ca.Co.H5O10P3/c;;1-11(2,3)9-13(7,8)10-12(4,5)6/h;;(H,7,8)(H2,1,2,3)(H2,4,5,6)/q2*+2;/p-4. The Hall–Kier alpha value is 2.18. The van der Waals surface area contributed by atoms with Crippen LogP contribution in [0.2, 0.25) is 0 Å². The Balaban J connectivity index is -0.000000720. The molecule has 0 aliphatic carbocycles. The van der Waals surface area contributed by atoms with Crippen molar-refractivity contribution in [2.75, 3.05) is 0 Å². The Kier molecular flexibility index (Phi) is 11.3. The first-order valence-corrected chi connectivity index (χ1v) is 6.62. The van der Waals surface area contributed by atoms with Gasteiger partial charge in [-0.05, 0) is 0 Å². The number of rotatable bonds is 4. The van der Waals surface area contributed by atoms with E-state index in [1.54, 1.807) is 0 Å². The van der Waals surface area contributed by atoms with Crippen LogP contribution in [0.5, 0.6) is 0 Å². The van der Waals surface area contributed by atoms with Gasteiger partial charge in [-0.25, -0.2) is 4.31 Å². The van der Waals surface area contributed by atoms with E-state index in [1.807, 2.05) is 0 Å². The van der Waals surface area contributed by atoms with E-state index in [0.29, 0.717) is 0 Å². The van der Waals surface area contributed by atoms with E-state index in [-0.39, 0.29) is 54.5 Å². The summed E-state index contributed by atoms with van der Waals surface area (Å²) >= 11 is 0. The molecule has 0 aromatic carbocycles. The largest absolute Gasteiger partial charge is 2.00 e. The van der Waals surface area contributed by atoms with Crippen LogP contribution in [-0.4, -0.2) is 42.6 Å². The molecule has 0 saturated carbocycles. The van der Waals surface area contributed by atoms with Gasteiger partial charge in [0.15, 0.2) is 0 Å². The predicted octanol–water partition coefficient (Wildman–Crippen LogP) is -3.61. The maximum absolute atomic E-state index is 10.1. The van der Waals surface area contributed by atoms with Crippen LogP contribution in [0.25, 0.3) is 0 Å². The van der Waals surface area contributed by atoms with Crippen molar-refractivity contribution in [3.8, 4) is 0 Å². The number of hydrogen-bond donors (Lipinski definition) is 1. The van der Waals surface area contributed by atoms with Crippen LogP contribution in [0.1, 0.15) is 0 Å². The third-order valence-electron chi connectivity index (χ3n) is 0.403. The second-order valence-corrected chi connectivity index (χ2v) is 5.56. The molecule has 0 fully saturated rings. The summed E-state index contributed by atoms with van der Waals surface area (Å²) in [6.45, 7) is 0. The molecular formula is HCaCoO10P3. The van der Waals surface area contributed by atoms with Crippen molar-refractivity contribution in [2.24, 2.45) is 0 Å². The van der Waals surface area contributed by atoms with E-state index in [2.05, 4.69) is 8.62 Å². The quantitative estimate of drug-likeness (QED) is 0.391. The van der Waals surface area contributed by atoms with Gasteiger partial charge in [0.1, 0.15) is 0 Å². The van der Waals surface area contributed by atoms with Crippen molar-refractivity contribution in [1.82, 2.24) is 0 Å². The minimum atomic E-state index is -5.95. The fraction of sp³-hybridized carbons (Fsp3) is 0. The van der Waals surface area contributed by atoms with Crippen LogP contribution in [0.3, 0.4) is 0 Å². The Bertz CT molecular complexity index is 283. The first kappa shape index (κ1) is 22.4. The van der Waals surface area contributed by atoms with Gasteiger partial charge in [-0.2, -0.15) is 0 Å². The molecule has 2 atom stereocenters. The van der Waals surface area contributed by atoms with E-state index >= 15 is 0 Å². The second-order valence-electron chi connectivity index (χ2n) is 1.53. The van der Waals surface area contributed by atoms with Gasteiger partial charge in [0.05, 0.1) is 7.82 Å². The van der Waals surface area contributed by atoms with Gasteiger partial charge in [0.2, 0.25) is 0 Å². The molecule has 2 unspecified atom stereocenters. The molecule has 0 spiro atoms. The summed E-state index contributed by atoms with van der Waals surface area (Å²) in [5.74, 6) is 0. The zero-order chi connectivity index (χ0) is 10.9. The van der Waals surface area contributed by atoms with Gasteiger partial charge in [0, 0.05) is 0 Å². The molecule has 0 saturated heterocycles. The Morgan fingerprint density at radius 2 is 1.27 bits per heavy atom. The number of hydrogen-bond acceptors (Lipinski definition) is 9. The molecule has 15 heavy (non-hydrogen) atoms. The Labute approximate surface area is 124 Å². The van der Waals surface area contributed by atoms with Gasteiger partial charge >= 0.3 is 54.5 Å². The van der Waals surface area contributed by atoms with E-state index in [1.165, 1.54) is 0 Å². The Morgan fingerprint density at radius 1 is 0.933 bits per heavy atom. The van der Waals surface area contributed by atoms with Crippen LogP contribution in [0.15, 0.2) is 0 Å². The third-order valence-corrected chi connectivity index (χ3v) is 3.63. The summed E-state index contributed by atoms with van der Waals surface area (Å²) in [5, 5.41) is 0. The summed E-state index contributed by atoms with van der Waals surface area (Å²) in [7, 11) is -17.6. The van der Waals surface area contributed by atoms with Gasteiger partial charge < -0.3 is 29.0 Å². The van der Waals surface area contributed by atoms with Crippen molar-refractivity contribution >= 4 is 61.2 Å². The Morgan fingerprint density at radius 3 is 1.47 bits per heavy atom. The first-order valence-electron chi connectivity index (χ1n) is 2.21. The van der Waals surface area contributed by atoms with Gasteiger partial charge in [-0.3, -0.25) is 13.4 Å². The maximum atomic E-state index is 10.1. The first-order chi connectivity index (χ1) is 5.41. The van der Waals surface area contributed by atoms with E-state index in [4.69, 9.17) is 4.89 Å². The van der Waals surface area contributed by atoms with Crippen LogP contribution >= 0.6 is 23.5 Å². The van der Waals surface area contributed by atoms with E-state index < -0.39 is 23.5 Å².